The van der Waals surface area contributed by atoms with Crippen LogP contribution in [0.2, 0.25) is 0 Å². The third-order valence-electron chi connectivity index (χ3n) is 1.67. The highest BCUT2D eigenvalue weighted by Crippen LogP contribution is 2.10. The summed E-state index contributed by atoms with van der Waals surface area (Å²) in [5.74, 6) is 0.401. The van der Waals surface area contributed by atoms with E-state index in [1.807, 2.05) is 6.92 Å². The lowest BCUT2D eigenvalue weighted by Crippen LogP contribution is -2.06. The number of hydrogen-bond acceptors (Lipinski definition) is 3. The summed E-state index contributed by atoms with van der Waals surface area (Å²) in [6.45, 7) is 2.66. The molecule has 0 amide bonds. The normalized spacial score (nSPS) is 14.6. The van der Waals surface area contributed by atoms with E-state index in [1.165, 1.54) is 0 Å². The first-order valence-electron chi connectivity index (χ1n) is 3.87. The smallest absolute Gasteiger partial charge is 0.232 e. The monoisotopic (exact) mass is 214 g/mol. The Morgan fingerprint density at radius 2 is 2.00 bits per heavy atom. The molecule has 0 radical (unpaired) electrons. The minimum atomic E-state index is -3.31. The molecule has 12 heavy (non-hydrogen) atoms. The summed E-state index contributed by atoms with van der Waals surface area (Å²) in [4.78, 5) is 0. The van der Waals surface area contributed by atoms with Crippen LogP contribution in [0.15, 0.2) is 0 Å². The predicted octanol–water partition coefficient (Wildman–Crippen LogP) is 1.62. The van der Waals surface area contributed by atoms with Crippen LogP contribution < -0.4 is 0 Å². The summed E-state index contributed by atoms with van der Waals surface area (Å²) in [6.07, 6.45) is 1.48. The predicted molar refractivity (Wildman–Crippen MR) is 49.9 cm³/mol. The van der Waals surface area contributed by atoms with Crippen LogP contribution in [0.25, 0.3) is 0 Å². The Morgan fingerprint density at radius 1 is 1.42 bits per heavy atom. The summed E-state index contributed by atoms with van der Waals surface area (Å²) in [7, 11) is 3.37. The lowest BCUT2D eigenvalue weighted by molar-refractivity contribution is 0.179. The number of halogens is 1. The Kier molecular flexibility index (Phi) is 5.88. The fourth-order valence-electron chi connectivity index (χ4n) is 0.805. The first-order chi connectivity index (χ1) is 5.45. The van der Waals surface area contributed by atoms with Gasteiger partial charge in [0.25, 0.3) is 0 Å². The number of methoxy groups -OCH3 is 1. The van der Waals surface area contributed by atoms with Gasteiger partial charge in [-0.05, 0) is 18.8 Å². The van der Waals surface area contributed by atoms with Crippen molar-refractivity contribution in [3.63, 3.8) is 0 Å². The largest absolute Gasteiger partial charge is 0.385 e. The minimum absolute atomic E-state index is 0.0550. The molecule has 0 heterocycles. The number of hydrogen-bond donors (Lipinski definition) is 0. The van der Waals surface area contributed by atoms with Crippen LogP contribution in [-0.2, 0) is 13.8 Å². The van der Waals surface area contributed by atoms with E-state index in [9.17, 15) is 8.42 Å². The van der Waals surface area contributed by atoms with Crippen LogP contribution in [-0.4, -0.2) is 27.9 Å². The van der Waals surface area contributed by atoms with Gasteiger partial charge in [0, 0.05) is 24.4 Å². The van der Waals surface area contributed by atoms with E-state index in [4.69, 9.17) is 15.4 Å². The van der Waals surface area contributed by atoms with Gasteiger partial charge in [-0.25, -0.2) is 8.42 Å². The molecule has 3 nitrogen and oxygen atoms in total. The maximum Gasteiger partial charge on any atom is 0.232 e. The highest BCUT2D eigenvalue weighted by atomic mass is 35.7. The van der Waals surface area contributed by atoms with Crippen LogP contribution in [0.5, 0.6) is 0 Å². The van der Waals surface area contributed by atoms with E-state index in [0.29, 0.717) is 18.9 Å². The van der Waals surface area contributed by atoms with Crippen molar-refractivity contribution in [2.24, 2.45) is 5.92 Å². The average molecular weight is 215 g/mol. The summed E-state index contributed by atoms with van der Waals surface area (Å²) in [6, 6.07) is 0. The maximum atomic E-state index is 10.5. The average Bonchev–Trinajstić information content (AvgIpc) is 1.95. The molecule has 0 aliphatic rings. The molecule has 0 saturated carbocycles. The lowest BCUT2D eigenvalue weighted by atomic mass is 10.1. The second-order valence-corrected chi connectivity index (χ2v) is 5.81. The lowest BCUT2D eigenvalue weighted by Gasteiger charge is -2.08. The standard InChI is InChI=1S/C7H15ClO3S/c1-7(3-5-11-2)4-6-12(8,9)10/h7H,3-6H2,1-2H3/t7-/m0/s1. The first kappa shape index (κ1) is 12.2. The molecule has 1 atom stereocenters. The van der Waals surface area contributed by atoms with E-state index in [-0.39, 0.29) is 5.75 Å². The molecule has 0 spiro atoms. The molecule has 0 N–H and O–H groups in total. The summed E-state index contributed by atoms with van der Waals surface area (Å²) >= 11 is 0. The zero-order valence-corrected chi connectivity index (χ0v) is 8.99. The van der Waals surface area contributed by atoms with Gasteiger partial charge >= 0.3 is 0 Å². The Labute approximate surface area is 78.5 Å². The fraction of sp³-hybridized carbons (Fsp3) is 1.00. The molecule has 0 unspecified atom stereocenters. The van der Waals surface area contributed by atoms with Gasteiger partial charge in [-0.1, -0.05) is 6.92 Å². The van der Waals surface area contributed by atoms with Crippen molar-refractivity contribution in [2.75, 3.05) is 19.5 Å². The van der Waals surface area contributed by atoms with Gasteiger partial charge in [0.05, 0.1) is 5.75 Å². The van der Waals surface area contributed by atoms with E-state index >= 15 is 0 Å². The van der Waals surface area contributed by atoms with Crippen molar-refractivity contribution < 1.29 is 13.2 Å². The van der Waals surface area contributed by atoms with Crippen LogP contribution in [0.4, 0.5) is 0 Å². The molecule has 0 aromatic heterocycles. The second-order valence-electron chi connectivity index (χ2n) is 2.92. The Bertz CT molecular complexity index is 201. The van der Waals surface area contributed by atoms with Gasteiger partial charge in [0.15, 0.2) is 0 Å². The van der Waals surface area contributed by atoms with E-state index in [1.54, 1.807) is 7.11 Å². The molecule has 0 saturated heterocycles. The van der Waals surface area contributed by atoms with E-state index in [0.717, 1.165) is 6.42 Å². The molecule has 0 aromatic carbocycles. The van der Waals surface area contributed by atoms with Crippen LogP contribution in [0.3, 0.4) is 0 Å². The Balaban J connectivity index is 3.51. The van der Waals surface area contributed by atoms with Gasteiger partial charge in [-0.3, -0.25) is 0 Å². The highest BCUT2D eigenvalue weighted by Gasteiger charge is 2.08. The number of rotatable bonds is 6. The zero-order valence-electron chi connectivity index (χ0n) is 7.42. The molecule has 0 rings (SSSR count). The van der Waals surface area contributed by atoms with Crippen molar-refractivity contribution in [1.82, 2.24) is 0 Å². The molecular weight excluding hydrogens is 200 g/mol. The SMILES string of the molecule is COCC[C@H](C)CCS(=O)(=O)Cl. The molecule has 0 aliphatic carbocycles. The summed E-state index contributed by atoms with van der Waals surface area (Å²) in [5, 5.41) is 0. The van der Waals surface area contributed by atoms with Crippen LogP contribution in [0, 0.1) is 5.92 Å². The minimum Gasteiger partial charge on any atom is -0.385 e. The van der Waals surface area contributed by atoms with Crippen molar-refractivity contribution in [1.29, 1.82) is 0 Å². The topological polar surface area (TPSA) is 43.4 Å². The number of ether oxygens (including phenoxy) is 1. The summed E-state index contributed by atoms with van der Waals surface area (Å²) < 4.78 is 25.9. The van der Waals surface area contributed by atoms with Crippen molar-refractivity contribution in [2.45, 2.75) is 19.8 Å². The van der Waals surface area contributed by atoms with Gasteiger partial charge in [-0.15, -0.1) is 0 Å². The van der Waals surface area contributed by atoms with Crippen molar-refractivity contribution >= 4 is 19.7 Å². The highest BCUT2D eigenvalue weighted by molar-refractivity contribution is 8.13. The molecule has 0 aliphatic heterocycles. The Hall–Kier alpha value is 0.200. The quantitative estimate of drug-likeness (QED) is 0.631. The fourth-order valence-corrected chi connectivity index (χ4v) is 1.76. The van der Waals surface area contributed by atoms with Gasteiger partial charge in [0.1, 0.15) is 0 Å². The molecule has 0 aromatic rings. The van der Waals surface area contributed by atoms with E-state index in [2.05, 4.69) is 0 Å². The second kappa shape index (κ2) is 5.78. The van der Waals surface area contributed by atoms with E-state index < -0.39 is 9.05 Å². The van der Waals surface area contributed by atoms with Crippen molar-refractivity contribution in [3.05, 3.63) is 0 Å². The van der Waals surface area contributed by atoms with Crippen LogP contribution >= 0.6 is 10.7 Å². The molecule has 5 heteroatoms. The third-order valence-corrected chi connectivity index (χ3v) is 2.86. The van der Waals surface area contributed by atoms with Crippen LogP contribution in [0.1, 0.15) is 19.8 Å². The molecule has 74 valence electrons. The molecular formula is C7H15ClO3S. The van der Waals surface area contributed by atoms with Gasteiger partial charge in [0.2, 0.25) is 9.05 Å². The van der Waals surface area contributed by atoms with Gasteiger partial charge < -0.3 is 4.74 Å². The first-order valence-corrected chi connectivity index (χ1v) is 6.35. The van der Waals surface area contributed by atoms with Gasteiger partial charge in [-0.2, -0.15) is 0 Å². The summed E-state index contributed by atoms with van der Waals surface area (Å²) in [5.41, 5.74) is 0. The maximum absolute atomic E-state index is 10.5. The zero-order chi connectivity index (χ0) is 9.61. The molecule has 0 fully saturated rings. The van der Waals surface area contributed by atoms with Crippen molar-refractivity contribution in [3.8, 4) is 0 Å². The third kappa shape index (κ3) is 8.30. The Morgan fingerprint density at radius 3 is 2.42 bits per heavy atom. The molecule has 0 bridgehead atoms.